The number of anilines is 2. The molecule has 0 spiro atoms. The van der Waals surface area contributed by atoms with Crippen molar-refractivity contribution in [3.8, 4) is 22.9 Å². The molecule has 0 aliphatic rings. The molecule has 4 rings (SSSR count). The van der Waals surface area contributed by atoms with Gasteiger partial charge in [-0.15, -0.1) is 0 Å². The minimum absolute atomic E-state index is 0.0351. The van der Waals surface area contributed by atoms with Crippen LogP contribution >= 0.6 is 0 Å². The van der Waals surface area contributed by atoms with Gasteiger partial charge in [-0.2, -0.15) is 15.0 Å². The van der Waals surface area contributed by atoms with Crippen molar-refractivity contribution < 1.29 is 14.2 Å². The molecule has 0 aliphatic heterocycles. The number of nitrogen functional groups attached to an aromatic ring is 1. The lowest BCUT2D eigenvalue weighted by Crippen LogP contribution is -2.11. The summed E-state index contributed by atoms with van der Waals surface area (Å²) in [6.45, 7) is 0.192. The highest BCUT2D eigenvalue weighted by Crippen LogP contribution is 2.25. The van der Waals surface area contributed by atoms with Crippen LogP contribution in [0.5, 0.6) is 11.5 Å². The first kappa shape index (κ1) is 21.2. The molecule has 162 valence electrons. The van der Waals surface area contributed by atoms with E-state index in [9.17, 15) is 9.50 Å². The molecule has 4 N–H and O–H groups in total. The average molecular weight is 431 g/mol. The molecule has 0 bridgehead atoms. The highest BCUT2D eigenvalue weighted by Gasteiger charge is 2.15. The summed E-state index contributed by atoms with van der Waals surface area (Å²) in [6, 6.07) is 21.8. The molecular formula is C24H22FN5O2. The lowest BCUT2D eigenvalue weighted by Gasteiger charge is -2.11. The van der Waals surface area contributed by atoms with Crippen molar-refractivity contribution in [2.75, 3.05) is 17.6 Å². The fourth-order valence-corrected chi connectivity index (χ4v) is 3.20. The summed E-state index contributed by atoms with van der Waals surface area (Å²) in [6.07, 6.45) is 0.703. The maximum absolute atomic E-state index is 14.3. The van der Waals surface area contributed by atoms with E-state index < -0.39 is 5.82 Å². The van der Waals surface area contributed by atoms with E-state index >= 15 is 0 Å². The Kier molecular flexibility index (Phi) is 6.52. The molecule has 0 amide bonds. The van der Waals surface area contributed by atoms with Gasteiger partial charge in [0, 0.05) is 6.54 Å². The number of rotatable bonds is 8. The molecule has 0 unspecified atom stereocenters. The maximum Gasteiger partial charge on any atom is 0.228 e. The van der Waals surface area contributed by atoms with Crippen molar-refractivity contribution in [1.82, 2.24) is 15.0 Å². The lowest BCUT2D eigenvalue weighted by molar-refractivity contribution is 0.282. The van der Waals surface area contributed by atoms with E-state index in [0.29, 0.717) is 18.5 Å². The highest BCUT2D eigenvalue weighted by molar-refractivity contribution is 5.63. The Morgan fingerprint density at radius 3 is 2.38 bits per heavy atom. The van der Waals surface area contributed by atoms with Crippen LogP contribution in [0.3, 0.4) is 0 Å². The number of benzene rings is 3. The number of aliphatic hydroxyl groups excluding tert-OH is 1. The number of aliphatic hydroxyl groups is 1. The summed E-state index contributed by atoms with van der Waals surface area (Å²) in [5.74, 6) is 1.28. The van der Waals surface area contributed by atoms with Crippen LogP contribution in [-0.2, 0) is 13.0 Å². The van der Waals surface area contributed by atoms with Crippen molar-refractivity contribution in [2.45, 2.75) is 13.0 Å². The molecule has 0 fully saturated rings. The predicted octanol–water partition coefficient (Wildman–Crippen LogP) is 4.20. The normalized spacial score (nSPS) is 10.7. The van der Waals surface area contributed by atoms with Gasteiger partial charge in [-0.3, -0.25) is 0 Å². The number of nitrogens with one attached hydrogen (secondary N) is 1. The van der Waals surface area contributed by atoms with Gasteiger partial charge in [0.05, 0.1) is 12.2 Å². The molecule has 0 aliphatic carbocycles. The van der Waals surface area contributed by atoms with Crippen molar-refractivity contribution in [3.63, 3.8) is 0 Å². The summed E-state index contributed by atoms with van der Waals surface area (Å²) in [7, 11) is 0. The Hall–Kier alpha value is -4.04. The zero-order valence-corrected chi connectivity index (χ0v) is 17.2. The van der Waals surface area contributed by atoms with E-state index in [1.54, 1.807) is 6.07 Å². The zero-order chi connectivity index (χ0) is 22.3. The number of halogens is 1. The van der Waals surface area contributed by atoms with Crippen molar-refractivity contribution in [1.29, 1.82) is 0 Å². The first-order valence-electron chi connectivity index (χ1n) is 10.1. The number of hydrogen-bond acceptors (Lipinski definition) is 7. The number of ether oxygens (including phenoxy) is 1. The van der Waals surface area contributed by atoms with Crippen LogP contribution in [-0.4, -0.2) is 26.6 Å². The van der Waals surface area contributed by atoms with Gasteiger partial charge >= 0.3 is 0 Å². The summed E-state index contributed by atoms with van der Waals surface area (Å²) >= 11 is 0. The van der Waals surface area contributed by atoms with Gasteiger partial charge in [0.1, 0.15) is 17.3 Å². The van der Waals surface area contributed by atoms with Crippen LogP contribution in [0.2, 0.25) is 0 Å². The number of nitrogens with zero attached hydrogens (tertiary/aromatic N) is 3. The van der Waals surface area contributed by atoms with Crippen molar-refractivity contribution >= 4 is 11.9 Å². The summed E-state index contributed by atoms with van der Waals surface area (Å²) < 4.78 is 20.1. The second-order valence-corrected chi connectivity index (χ2v) is 7.01. The molecule has 0 radical (unpaired) electrons. The molecule has 0 atom stereocenters. The fourth-order valence-electron chi connectivity index (χ4n) is 3.20. The van der Waals surface area contributed by atoms with E-state index in [0.717, 1.165) is 17.1 Å². The van der Waals surface area contributed by atoms with Gasteiger partial charge < -0.3 is 20.9 Å². The predicted molar refractivity (Wildman–Crippen MR) is 121 cm³/mol. The van der Waals surface area contributed by atoms with E-state index in [4.69, 9.17) is 10.5 Å². The Balaban J connectivity index is 1.40. The van der Waals surface area contributed by atoms with Crippen LogP contribution in [0.25, 0.3) is 11.4 Å². The molecule has 1 aromatic heterocycles. The summed E-state index contributed by atoms with van der Waals surface area (Å²) in [5.41, 5.74) is 7.38. The second-order valence-electron chi connectivity index (χ2n) is 7.01. The van der Waals surface area contributed by atoms with E-state index in [-0.39, 0.29) is 29.9 Å². The number of hydrogen-bond donors (Lipinski definition) is 3. The second kappa shape index (κ2) is 9.84. The molecule has 7 nitrogen and oxygen atoms in total. The van der Waals surface area contributed by atoms with E-state index in [1.165, 1.54) is 12.1 Å². The standard InChI is InChI=1S/C24H22FN5O2/c25-20-8-4-5-17(15-31)21(20)22-28-23(26)30-24(29-22)27-14-13-16-9-11-19(12-10-16)32-18-6-2-1-3-7-18/h1-12,31H,13-15H2,(H3,26,27,28,29,30). The Labute approximate surface area is 184 Å². The Morgan fingerprint density at radius 2 is 1.62 bits per heavy atom. The van der Waals surface area contributed by atoms with Crippen molar-refractivity contribution in [3.05, 3.63) is 89.7 Å². The first-order valence-corrected chi connectivity index (χ1v) is 10.1. The van der Waals surface area contributed by atoms with Crippen LogP contribution in [0.1, 0.15) is 11.1 Å². The van der Waals surface area contributed by atoms with Gasteiger partial charge in [-0.1, -0.05) is 42.5 Å². The topological polar surface area (TPSA) is 106 Å². The third-order valence-corrected chi connectivity index (χ3v) is 4.75. The largest absolute Gasteiger partial charge is 0.457 e. The van der Waals surface area contributed by atoms with Crippen LogP contribution < -0.4 is 15.8 Å². The minimum atomic E-state index is -0.536. The maximum atomic E-state index is 14.3. The number of nitrogens with two attached hydrogens (primary N) is 1. The molecule has 32 heavy (non-hydrogen) atoms. The van der Waals surface area contributed by atoms with E-state index in [2.05, 4.69) is 20.3 Å². The van der Waals surface area contributed by atoms with Gasteiger partial charge in [0.15, 0.2) is 5.82 Å². The van der Waals surface area contributed by atoms with Crippen LogP contribution in [0.4, 0.5) is 16.3 Å². The van der Waals surface area contributed by atoms with Crippen molar-refractivity contribution in [2.24, 2.45) is 0 Å². The summed E-state index contributed by atoms with van der Waals surface area (Å²) in [5, 5.41) is 12.6. The van der Waals surface area contributed by atoms with Crippen LogP contribution in [0.15, 0.2) is 72.8 Å². The third-order valence-electron chi connectivity index (χ3n) is 4.75. The molecule has 0 saturated heterocycles. The van der Waals surface area contributed by atoms with Gasteiger partial charge in [-0.05, 0) is 47.9 Å². The van der Waals surface area contributed by atoms with Gasteiger partial charge in [0.2, 0.25) is 11.9 Å². The quantitative estimate of drug-likeness (QED) is 0.384. The fraction of sp³-hybridized carbons (Fsp3) is 0.125. The molecule has 0 saturated carbocycles. The van der Waals surface area contributed by atoms with Gasteiger partial charge in [-0.25, -0.2) is 4.39 Å². The number of para-hydroxylation sites is 1. The molecule has 3 aromatic carbocycles. The average Bonchev–Trinajstić information content (AvgIpc) is 2.80. The molecule has 1 heterocycles. The molecule has 8 heteroatoms. The monoisotopic (exact) mass is 431 g/mol. The Morgan fingerprint density at radius 1 is 0.875 bits per heavy atom. The lowest BCUT2D eigenvalue weighted by atomic mass is 10.1. The van der Waals surface area contributed by atoms with Crippen LogP contribution in [0, 0.1) is 5.82 Å². The SMILES string of the molecule is Nc1nc(NCCc2ccc(Oc3ccccc3)cc2)nc(-c2c(F)cccc2CO)n1. The van der Waals surface area contributed by atoms with Gasteiger partial charge in [0.25, 0.3) is 0 Å². The highest BCUT2D eigenvalue weighted by atomic mass is 19.1. The minimum Gasteiger partial charge on any atom is -0.457 e. The Bertz CT molecular complexity index is 1190. The molecule has 4 aromatic rings. The van der Waals surface area contributed by atoms with E-state index in [1.807, 2.05) is 54.6 Å². The first-order chi connectivity index (χ1) is 15.6. The zero-order valence-electron chi connectivity index (χ0n) is 17.2. The molecular weight excluding hydrogens is 409 g/mol. The summed E-state index contributed by atoms with van der Waals surface area (Å²) in [4.78, 5) is 12.4. The third kappa shape index (κ3) is 5.16. The smallest absolute Gasteiger partial charge is 0.228 e. The number of aromatic nitrogens is 3.